The van der Waals surface area contributed by atoms with Crippen molar-refractivity contribution in [3.05, 3.63) is 53.6 Å². The first-order chi connectivity index (χ1) is 10.2. The van der Waals surface area contributed by atoms with Crippen molar-refractivity contribution in [2.45, 2.75) is 20.1 Å². The molecule has 0 amide bonds. The van der Waals surface area contributed by atoms with E-state index < -0.39 is 5.82 Å². The third-order valence-corrected chi connectivity index (χ3v) is 2.98. The molecule has 112 valence electrons. The number of halogens is 1. The van der Waals surface area contributed by atoms with Crippen LogP contribution < -0.4 is 14.8 Å². The van der Waals surface area contributed by atoms with Crippen LogP contribution in [0.2, 0.25) is 0 Å². The summed E-state index contributed by atoms with van der Waals surface area (Å²) in [6.45, 7) is 3.98. The topological polar surface area (TPSA) is 43.4 Å². The van der Waals surface area contributed by atoms with Gasteiger partial charge in [-0.25, -0.2) is 4.39 Å². The van der Waals surface area contributed by atoms with Crippen LogP contribution in [0.4, 0.5) is 4.39 Å². The monoisotopic (exact) mass is 290 g/mol. The van der Waals surface area contributed by atoms with Crippen LogP contribution in [-0.2, 0) is 13.2 Å². The highest BCUT2D eigenvalue weighted by Crippen LogP contribution is 2.19. The number of pyridine rings is 1. The first kappa shape index (κ1) is 15.3. The minimum Gasteiger partial charge on any atom is -0.494 e. The van der Waals surface area contributed by atoms with Gasteiger partial charge in [-0.05, 0) is 36.4 Å². The van der Waals surface area contributed by atoms with Crippen LogP contribution in [0, 0.1) is 5.82 Å². The molecule has 0 fully saturated rings. The van der Waals surface area contributed by atoms with Crippen molar-refractivity contribution in [2.75, 3.05) is 13.7 Å². The van der Waals surface area contributed by atoms with Gasteiger partial charge in [0.2, 0.25) is 0 Å². The summed E-state index contributed by atoms with van der Waals surface area (Å²) in [5.74, 6) is 0.498. The summed E-state index contributed by atoms with van der Waals surface area (Å²) >= 11 is 0. The van der Waals surface area contributed by atoms with E-state index in [1.54, 1.807) is 18.3 Å². The molecule has 5 heteroatoms. The van der Waals surface area contributed by atoms with Gasteiger partial charge in [0.15, 0.2) is 11.6 Å². The van der Waals surface area contributed by atoms with Crippen LogP contribution in [0.1, 0.15) is 18.2 Å². The van der Waals surface area contributed by atoms with E-state index in [4.69, 9.17) is 9.47 Å². The second-order valence-corrected chi connectivity index (χ2v) is 4.52. The average Bonchev–Trinajstić information content (AvgIpc) is 2.52. The van der Waals surface area contributed by atoms with Gasteiger partial charge in [-0.15, -0.1) is 0 Å². The normalized spacial score (nSPS) is 10.4. The SMILES string of the molecule is CCNCc1ccc(OCc2ccc(OC)c(F)c2)cn1. The van der Waals surface area contributed by atoms with Gasteiger partial charge in [-0.2, -0.15) is 0 Å². The van der Waals surface area contributed by atoms with E-state index in [-0.39, 0.29) is 12.4 Å². The molecule has 0 atom stereocenters. The molecule has 0 aliphatic heterocycles. The first-order valence-electron chi connectivity index (χ1n) is 6.83. The van der Waals surface area contributed by atoms with E-state index in [9.17, 15) is 4.39 Å². The summed E-state index contributed by atoms with van der Waals surface area (Å²) in [7, 11) is 1.44. The van der Waals surface area contributed by atoms with E-state index >= 15 is 0 Å². The molecule has 0 bridgehead atoms. The van der Waals surface area contributed by atoms with E-state index in [0.29, 0.717) is 5.75 Å². The number of benzene rings is 1. The van der Waals surface area contributed by atoms with Crippen LogP contribution >= 0.6 is 0 Å². The number of nitrogens with one attached hydrogen (secondary N) is 1. The smallest absolute Gasteiger partial charge is 0.165 e. The zero-order valence-corrected chi connectivity index (χ0v) is 12.2. The van der Waals surface area contributed by atoms with Gasteiger partial charge in [0, 0.05) is 6.54 Å². The third kappa shape index (κ3) is 4.43. The van der Waals surface area contributed by atoms with Crippen molar-refractivity contribution in [2.24, 2.45) is 0 Å². The van der Waals surface area contributed by atoms with Gasteiger partial charge >= 0.3 is 0 Å². The Hall–Kier alpha value is -2.14. The summed E-state index contributed by atoms with van der Waals surface area (Å²) in [5, 5.41) is 3.20. The Morgan fingerprint density at radius 1 is 1.24 bits per heavy atom. The maximum Gasteiger partial charge on any atom is 0.165 e. The molecule has 0 saturated carbocycles. The number of hydrogen-bond acceptors (Lipinski definition) is 4. The lowest BCUT2D eigenvalue weighted by Gasteiger charge is -2.08. The van der Waals surface area contributed by atoms with E-state index in [1.807, 2.05) is 19.1 Å². The molecular formula is C16H19FN2O2. The number of nitrogens with zero attached hydrogens (tertiary/aromatic N) is 1. The summed E-state index contributed by atoms with van der Waals surface area (Å²) < 4.78 is 24.0. The second kappa shape index (κ2) is 7.59. The molecule has 1 aromatic carbocycles. The lowest BCUT2D eigenvalue weighted by molar-refractivity contribution is 0.303. The second-order valence-electron chi connectivity index (χ2n) is 4.52. The van der Waals surface area contributed by atoms with Crippen LogP contribution in [0.25, 0.3) is 0 Å². The predicted octanol–water partition coefficient (Wildman–Crippen LogP) is 2.92. The fourth-order valence-corrected chi connectivity index (χ4v) is 1.82. The molecule has 0 spiro atoms. The predicted molar refractivity (Wildman–Crippen MR) is 78.9 cm³/mol. The molecule has 1 aromatic heterocycles. The molecule has 1 heterocycles. The quantitative estimate of drug-likeness (QED) is 0.851. The highest BCUT2D eigenvalue weighted by Gasteiger charge is 2.04. The minimum absolute atomic E-state index is 0.230. The highest BCUT2D eigenvalue weighted by molar-refractivity contribution is 5.29. The van der Waals surface area contributed by atoms with E-state index in [2.05, 4.69) is 10.3 Å². The molecule has 0 saturated heterocycles. The zero-order valence-electron chi connectivity index (χ0n) is 12.2. The number of rotatable bonds is 7. The Balaban J connectivity index is 1.92. The lowest BCUT2D eigenvalue weighted by atomic mass is 10.2. The van der Waals surface area contributed by atoms with Crippen molar-refractivity contribution in [3.8, 4) is 11.5 Å². The summed E-state index contributed by atoms with van der Waals surface area (Å²) in [6, 6.07) is 8.54. The van der Waals surface area contributed by atoms with Crippen molar-refractivity contribution in [3.63, 3.8) is 0 Å². The van der Waals surface area contributed by atoms with Gasteiger partial charge in [-0.1, -0.05) is 13.0 Å². The highest BCUT2D eigenvalue weighted by atomic mass is 19.1. The van der Waals surface area contributed by atoms with Gasteiger partial charge in [0.1, 0.15) is 12.4 Å². The number of aromatic nitrogens is 1. The Bertz CT molecular complexity index is 573. The first-order valence-corrected chi connectivity index (χ1v) is 6.83. The maximum absolute atomic E-state index is 13.5. The van der Waals surface area contributed by atoms with Crippen LogP contribution in [0.5, 0.6) is 11.5 Å². The van der Waals surface area contributed by atoms with Crippen LogP contribution in [0.15, 0.2) is 36.5 Å². The summed E-state index contributed by atoms with van der Waals surface area (Å²) in [5.41, 5.74) is 1.70. The standard InChI is InChI=1S/C16H19FN2O2/c1-3-18-9-13-5-6-14(10-19-13)21-11-12-4-7-16(20-2)15(17)8-12/h4-8,10,18H,3,9,11H2,1-2H3. The zero-order chi connectivity index (χ0) is 15.1. The molecule has 4 nitrogen and oxygen atoms in total. The van der Waals surface area contributed by atoms with Gasteiger partial charge < -0.3 is 14.8 Å². The molecule has 1 N–H and O–H groups in total. The molecule has 2 aromatic rings. The maximum atomic E-state index is 13.5. The van der Waals surface area contributed by atoms with Crippen molar-refractivity contribution in [1.29, 1.82) is 0 Å². The van der Waals surface area contributed by atoms with Gasteiger partial charge in [0.25, 0.3) is 0 Å². The van der Waals surface area contributed by atoms with E-state index in [1.165, 1.54) is 13.2 Å². The Morgan fingerprint density at radius 3 is 2.71 bits per heavy atom. The summed E-state index contributed by atoms with van der Waals surface area (Å²) in [6.07, 6.45) is 1.67. The summed E-state index contributed by atoms with van der Waals surface area (Å²) in [4.78, 5) is 4.29. The molecular weight excluding hydrogens is 271 g/mol. The van der Waals surface area contributed by atoms with Crippen molar-refractivity contribution < 1.29 is 13.9 Å². The average molecular weight is 290 g/mol. The number of ether oxygens (including phenoxy) is 2. The Morgan fingerprint density at radius 2 is 2.10 bits per heavy atom. The molecule has 0 unspecified atom stereocenters. The van der Waals surface area contributed by atoms with Crippen LogP contribution in [0.3, 0.4) is 0 Å². The molecule has 2 rings (SSSR count). The molecule has 21 heavy (non-hydrogen) atoms. The fourth-order valence-electron chi connectivity index (χ4n) is 1.82. The van der Waals surface area contributed by atoms with Gasteiger partial charge in [-0.3, -0.25) is 4.98 Å². The number of hydrogen-bond donors (Lipinski definition) is 1. The Labute approximate surface area is 123 Å². The largest absolute Gasteiger partial charge is 0.494 e. The molecule has 0 aliphatic carbocycles. The Kier molecular flexibility index (Phi) is 5.51. The van der Waals surface area contributed by atoms with Crippen LogP contribution in [-0.4, -0.2) is 18.6 Å². The van der Waals surface area contributed by atoms with Crippen molar-refractivity contribution >= 4 is 0 Å². The van der Waals surface area contributed by atoms with Gasteiger partial charge in [0.05, 0.1) is 19.0 Å². The molecule has 0 radical (unpaired) electrons. The minimum atomic E-state index is -0.391. The van der Waals surface area contributed by atoms with E-state index in [0.717, 1.165) is 24.3 Å². The number of methoxy groups -OCH3 is 1. The third-order valence-electron chi connectivity index (χ3n) is 2.98. The molecule has 0 aliphatic rings. The fraction of sp³-hybridized carbons (Fsp3) is 0.312. The van der Waals surface area contributed by atoms with Crippen molar-refractivity contribution in [1.82, 2.24) is 10.3 Å². The lowest BCUT2D eigenvalue weighted by Crippen LogP contribution is -2.12.